The van der Waals surface area contributed by atoms with Gasteiger partial charge in [0.25, 0.3) is 5.69 Å². The van der Waals surface area contributed by atoms with Gasteiger partial charge in [-0.25, -0.2) is 4.99 Å². The third kappa shape index (κ3) is 4.40. The van der Waals surface area contributed by atoms with Gasteiger partial charge >= 0.3 is 0 Å². The lowest BCUT2D eigenvalue weighted by atomic mass is 10.1. The lowest BCUT2D eigenvalue weighted by molar-refractivity contribution is -0.384. The van der Waals surface area contributed by atoms with Crippen LogP contribution in [0, 0.1) is 17.0 Å². The van der Waals surface area contributed by atoms with Gasteiger partial charge < -0.3 is 5.73 Å². The highest BCUT2D eigenvalue weighted by Crippen LogP contribution is 2.23. The summed E-state index contributed by atoms with van der Waals surface area (Å²) >= 11 is 6.30. The molecule has 0 aliphatic rings. The van der Waals surface area contributed by atoms with Gasteiger partial charge in [-0.3, -0.25) is 10.1 Å². The van der Waals surface area contributed by atoms with Crippen LogP contribution in [0.15, 0.2) is 59.2 Å². The number of non-ortho nitro benzene ring substituents is 1. The molecule has 0 saturated carbocycles. The van der Waals surface area contributed by atoms with Gasteiger partial charge in [-0.15, -0.1) is 0 Å². The number of nitro benzene ring substituents is 1. The molecule has 0 fully saturated rings. The Balaban J connectivity index is 2.50. The third-order valence-corrected chi connectivity index (χ3v) is 3.39. The number of nitrogens with two attached hydrogens (primary N) is 1. The van der Waals surface area contributed by atoms with Crippen molar-refractivity contribution in [2.45, 2.75) is 13.8 Å². The van der Waals surface area contributed by atoms with Crippen molar-refractivity contribution in [1.82, 2.24) is 0 Å². The number of nitrogens with zero attached hydrogens (tertiary/aromatic N) is 2. The van der Waals surface area contributed by atoms with Crippen LogP contribution in [0.1, 0.15) is 18.1 Å². The molecule has 118 valence electrons. The monoisotopic (exact) mass is 329 g/mol. The lowest BCUT2D eigenvalue weighted by Crippen LogP contribution is -2.02. The van der Waals surface area contributed by atoms with E-state index in [1.54, 1.807) is 25.1 Å². The molecule has 0 saturated heterocycles. The molecular formula is C17H16ClN3O2. The summed E-state index contributed by atoms with van der Waals surface area (Å²) in [5.74, 6) is 0. The molecule has 2 N–H and O–H groups in total. The quantitative estimate of drug-likeness (QED) is 0.508. The highest BCUT2D eigenvalue weighted by Gasteiger charge is 2.08. The van der Waals surface area contributed by atoms with Crippen LogP contribution in [0.2, 0.25) is 5.02 Å². The number of nitro groups is 1. The molecule has 6 heteroatoms. The number of halogens is 1. The Morgan fingerprint density at radius 1 is 1.26 bits per heavy atom. The van der Waals surface area contributed by atoms with Gasteiger partial charge in [-0.2, -0.15) is 0 Å². The first-order valence-electron chi connectivity index (χ1n) is 6.90. The van der Waals surface area contributed by atoms with Crippen LogP contribution in [-0.2, 0) is 0 Å². The van der Waals surface area contributed by atoms with Crippen LogP contribution in [0.25, 0.3) is 0 Å². The average Bonchev–Trinajstić information content (AvgIpc) is 2.46. The summed E-state index contributed by atoms with van der Waals surface area (Å²) in [5, 5.41) is 11.3. The van der Waals surface area contributed by atoms with Crippen LogP contribution >= 0.6 is 11.6 Å². The van der Waals surface area contributed by atoms with E-state index in [1.807, 2.05) is 25.1 Å². The predicted octanol–water partition coefficient (Wildman–Crippen LogP) is 4.54. The lowest BCUT2D eigenvalue weighted by Gasteiger charge is -2.07. The van der Waals surface area contributed by atoms with Gasteiger partial charge in [-0.1, -0.05) is 23.7 Å². The molecule has 2 aromatic carbocycles. The van der Waals surface area contributed by atoms with Crippen molar-refractivity contribution in [3.63, 3.8) is 0 Å². The van der Waals surface area contributed by atoms with E-state index in [1.165, 1.54) is 12.1 Å². The van der Waals surface area contributed by atoms with Gasteiger partial charge in [-0.05, 0) is 43.7 Å². The van der Waals surface area contributed by atoms with Gasteiger partial charge in [0.2, 0.25) is 0 Å². The molecule has 0 heterocycles. The summed E-state index contributed by atoms with van der Waals surface area (Å²) in [5.41, 5.74) is 9.36. The number of aliphatic imine (C=N–C) groups is 1. The Labute approximate surface area is 139 Å². The van der Waals surface area contributed by atoms with Crippen LogP contribution in [0.3, 0.4) is 0 Å². The van der Waals surface area contributed by atoms with E-state index in [0.717, 1.165) is 11.1 Å². The van der Waals surface area contributed by atoms with Crippen molar-refractivity contribution in [1.29, 1.82) is 0 Å². The molecular weight excluding hydrogens is 314 g/mol. The van der Waals surface area contributed by atoms with Crippen molar-refractivity contribution in [3.8, 4) is 0 Å². The van der Waals surface area contributed by atoms with Crippen molar-refractivity contribution in [2.24, 2.45) is 10.7 Å². The number of hydrogen-bond donors (Lipinski definition) is 1. The molecule has 0 atom stereocenters. The average molecular weight is 330 g/mol. The minimum absolute atomic E-state index is 0.0180. The molecule has 2 aromatic rings. The van der Waals surface area contributed by atoms with E-state index in [4.69, 9.17) is 17.3 Å². The SMILES string of the molecule is CC(N)=CC(=Nc1ccc([N+](=O)[O-])cc1)c1ccc(C)cc1Cl. The Bertz CT molecular complexity index is 792. The van der Waals surface area contributed by atoms with E-state index in [-0.39, 0.29) is 5.69 Å². The molecule has 0 spiro atoms. The van der Waals surface area contributed by atoms with Crippen LogP contribution < -0.4 is 5.73 Å². The molecule has 0 bridgehead atoms. The fourth-order valence-corrected chi connectivity index (χ4v) is 2.33. The number of allylic oxidation sites excluding steroid dienone is 2. The zero-order valence-corrected chi connectivity index (χ0v) is 13.5. The molecule has 0 aliphatic carbocycles. The second-order valence-electron chi connectivity index (χ2n) is 5.14. The van der Waals surface area contributed by atoms with Crippen molar-refractivity contribution >= 4 is 28.7 Å². The molecule has 0 unspecified atom stereocenters. The number of hydrogen-bond acceptors (Lipinski definition) is 4. The maximum Gasteiger partial charge on any atom is 0.269 e. The van der Waals surface area contributed by atoms with Gasteiger partial charge in [0, 0.05) is 23.4 Å². The van der Waals surface area contributed by atoms with Crippen molar-refractivity contribution < 1.29 is 4.92 Å². The molecule has 0 aromatic heterocycles. The van der Waals surface area contributed by atoms with E-state index in [2.05, 4.69) is 4.99 Å². The maximum atomic E-state index is 10.7. The summed E-state index contributed by atoms with van der Waals surface area (Å²) in [7, 11) is 0. The summed E-state index contributed by atoms with van der Waals surface area (Å²) < 4.78 is 0. The van der Waals surface area contributed by atoms with E-state index in [0.29, 0.717) is 22.1 Å². The number of rotatable bonds is 4. The van der Waals surface area contributed by atoms with Gasteiger partial charge in [0.1, 0.15) is 0 Å². The van der Waals surface area contributed by atoms with Crippen LogP contribution in [0.4, 0.5) is 11.4 Å². The first kappa shape index (κ1) is 16.7. The van der Waals surface area contributed by atoms with Crippen molar-refractivity contribution in [3.05, 3.63) is 80.5 Å². The summed E-state index contributed by atoms with van der Waals surface area (Å²) in [6.07, 6.45) is 1.72. The molecule has 0 aliphatic heterocycles. The van der Waals surface area contributed by atoms with Gasteiger partial charge in [0.05, 0.1) is 21.3 Å². The number of benzene rings is 2. The Morgan fingerprint density at radius 2 is 1.91 bits per heavy atom. The third-order valence-electron chi connectivity index (χ3n) is 3.08. The van der Waals surface area contributed by atoms with Gasteiger partial charge in [0.15, 0.2) is 0 Å². The second kappa shape index (κ2) is 7.07. The maximum absolute atomic E-state index is 10.7. The highest BCUT2D eigenvalue weighted by atomic mass is 35.5. The van der Waals surface area contributed by atoms with Crippen LogP contribution in [0.5, 0.6) is 0 Å². The minimum atomic E-state index is -0.449. The normalized spacial score (nSPS) is 12.3. The topological polar surface area (TPSA) is 81.5 Å². The molecule has 0 amide bonds. The standard InChI is InChI=1S/C17H16ClN3O2/c1-11-3-8-15(16(18)9-11)17(10-12(2)19)20-13-4-6-14(7-5-13)21(22)23/h3-10H,19H2,1-2H3. The fraction of sp³-hybridized carbons (Fsp3) is 0.118. The zero-order chi connectivity index (χ0) is 17.0. The number of aryl methyl sites for hydroxylation is 1. The Kier molecular flexibility index (Phi) is 5.13. The van der Waals surface area contributed by atoms with E-state index >= 15 is 0 Å². The molecule has 2 rings (SSSR count). The first-order chi connectivity index (χ1) is 10.9. The molecule has 23 heavy (non-hydrogen) atoms. The Morgan fingerprint density at radius 3 is 2.43 bits per heavy atom. The smallest absolute Gasteiger partial charge is 0.269 e. The molecule has 5 nitrogen and oxygen atoms in total. The summed E-state index contributed by atoms with van der Waals surface area (Å²) in [6.45, 7) is 3.71. The predicted molar refractivity (Wildman–Crippen MR) is 93.4 cm³/mol. The van der Waals surface area contributed by atoms with E-state index < -0.39 is 4.92 Å². The molecule has 0 radical (unpaired) electrons. The zero-order valence-electron chi connectivity index (χ0n) is 12.8. The second-order valence-corrected chi connectivity index (χ2v) is 5.55. The van der Waals surface area contributed by atoms with E-state index in [9.17, 15) is 10.1 Å². The first-order valence-corrected chi connectivity index (χ1v) is 7.28. The Hall–Kier alpha value is -2.66. The van der Waals surface area contributed by atoms with Crippen LogP contribution in [-0.4, -0.2) is 10.6 Å². The highest BCUT2D eigenvalue weighted by molar-refractivity contribution is 6.35. The summed E-state index contributed by atoms with van der Waals surface area (Å²) in [4.78, 5) is 14.8. The minimum Gasteiger partial charge on any atom is -0.402 e. The van der Waals surface area contributed by atoms with Crippen molar-refractivity contribution in [2.75, 3.05) is 0 Å². The summed E-state index contributed by atoms with van der Waals surface area (Å²) in [6, 6.07) is 11.6. The largest absolute Gasteiger partial charge is 0.402 e. The fourth-order valence-electron chi connectivity index (χ4n) is 2.00.